The molecule has 0 atom stereocenters. The van der Waals surface area contributed by atoms with Crippen molar-refractivity contribution in [3.05, 3.63) is 51.2 Å². The standard InChI is InChI=1S/C16H18OS/c1-3-13-10-12(11-14(4-2)16(13)17)7-8-15-6-5-9-18-15/h5-11,17H,3-4H2,1-2H3/b8-7+. The monoisotopic (exact) mass is 258 g/mol. The second-order valence-corrected chi connectivity index (χ2v) is 5.22. The molecule has 0 amide bonds. The fourth-order valence-corrected chi connectivity index (χ4v) is 2.60. The van der Waals surface area contributed by atoms with Gasteiger partial charge in [0.25, 0.3) is 0 Å². The van der Waals surface area contributed by atoms with Gasteiger partial charge in [-0.1, -0.05) is 26.0 Å². The molecule has 0 saturated heterocycles. The minimum atomic E-state index is 0.466. The quantitative estimate of drug-likeness (QED) is 0.839. The number of phenols is 1. The summed E-state index contributed by atoms with van der Waals surface area (Å²) in [5, 5.41) is 12.1. The van der Waals surface area contributed by atoms with Crippen LogP contribution < -0.4 is 0 Å². The van der Waals surface area contributed by atoms with Crippen LogP contribution in [0.5, 0.6) is 5.75 Å². The van der Waals surface area contributed by atoms with Gasteiger partial charge in [-0.05, 0) is 59.2 Å². The topological polar surface area (TPSA) is 20.2 Å². The molecule has 1 aromatic heterocycles. The average Bonchev–Trinajstić information content (AvgIpc) is 2.90. The number of phenolic OH excluding ortho intramolecular Hbond substituents is 1. The summed E-state index contributed by atoms with van der Waals surface area (Å²) in [4.78, 5) is 1.25. The lowest BCUT2D eigenvalue weighted by molar-refractivity contribution is 0.462. The Kier molecular flexibility index (Phi) is 4.21. The molecule has 0 fully saturated rings. The highest BCUT2D eigenvalue weighted by molar-refractivity contribution is 7.10. The minimum absolute atomic E-state index is 0.466. The SMILES string of the molecule is CCc1cc(/C=C/c2cccs2)cc(CC)c1O. The van der Waals surface area contributed by atoms with Gasteiger partial charge in [0, 0.05) is 4.88 Å². The maximum absolute atomic E-state index is 10.0. The molecule has 18 heavy (non-hydrogen) atoms. The molecule has 1 nitrogen and oxygen atoms in total. The number of hydrogen-bond acceptors (Lipinski definition) is 2. The predicted molar refractivity (Wildman–Crippen MR) is 80.1 cm³/mol. The smallest absolute Gasteiger partial charge is 0.121 e. The van der Waals surface area contributed by atoms with Crippen LogP contribution in [0.3, 0.4) is 0 Å². The lowest BCUT2D eigenvalue weighted by Gasteiger charge is -2.08. The second kappa shape index (κ2) is 5.87. The van der Waals surface area contributed by atoms with E-state index in [1.165, 1.54) is 4.88 Å². The molecular formula is C16H18OS. The molecule has 0 unspecified atom stereocenters. The molecule has 1 N–H and O–H groups in total. The highest BCUT2D eigenvalue weighted by Crippen LogP contribution is 2.26. The van der Waals surface area contributed by atoms with E-state index in [1.807, 2.05) is 0 Å². The first-order chi connectivity index (χ1) is 8.74. The molecule has 0 bridgehead atoms. The summed E-state index contributed by atoms with van der Waals surface area (Å²) in [5.74, 6) is 0.466. The first-order valence-electron chi connectivity index (χ1n) is 6.31. The second-order valence-electron chi connectivity index (χ2n) is 4.24. The van der Waals surface area contributed by atoms with Crippen molar-refractivity contribution in [2.45, 2.75) is 26.7 Å². The summed E-state index contributed by atoms with van der Waals surface area (Å²) in [6.45, 7) is 4.14. The minimum Gasteiger partial charge on any atom is -0.507 e. The van der Waals surface area contributed by atoms with Crippen LogP contribution in [-0.2, 0) is 12.8 Å². The van der Waals surface area contributed by atoms with Crippen molar-refractivity contribution in [3.63, 3.8) is 0 Å². The molecule has 2 heteroatoms. The Morgan fingerprint density at radius 2 is 1.78 bits per heavy atom. The van der Waals surface area contributed by atoms with Gasteiger partial charge < -0.3 is 5.11 Å². The maximum atomic E-state index is 10.0. The molecule has 0 aliphatic carbocycles. The highest BCUT2D eigenvalue weighted by atomic mass is 32.1. The Morgan fingerprint density at radius 1 is 1.11 bits per heavy atom. The van der Waals surface area contributed by atoms with E-state index >= 15 is 0 Å². The maximum Gasteiger partial charge on any atom is 0.121 e. The van der Waals surface area contributed by atoms with E-state index in [-0.39, 0.29) is 0 Å². The first kappa shape index (κ1) is 12.9. The lowest BCUT2D eigenvalue weighted by atomic mass is 10.0. The van der Waals surface area contributed by atoms with E-state index in [0.29, 0.717) is 5.75 Å². The van der Waals surface area contributed by atoms with Gasteiger partial charge in [-0.25, -0.2) is 0 Å². The van der Waals surface area contributed by atoms with Crippen LogP contribution in [0.2, 0.25) is 0 Å². The Labute approximate surface area is 112 Å². The van der Waals surface area contributed by atoms with E-state index in [9.17, 15) is 5.11 Å². The van der Waals surface area contributed by atoms with Crippen molar-refractivity contribution in [2.75, 3.05) is 0 Å². The van der Waals surface area contributed by atoms with Crippen LogP contribution in [0.25, 0.3) is 12.2 Å². The van der Waals surface area contributed by atoms with Crippen LogP contribution in [-0.4, -0.2) is 5.11 Å². The van der Waals surface area contributed by atoms with Crippen molar-refractivity contribution in [1.29, 1.82) is 0 Å². The number of hydrogen-bond donors (Lipinski definition) is 1. The van der Waals surface area contributed by atoms with Crippen LogP contribution in [0.4, 0.5) is 0 Å². The van der Waals surface area contributed by atoms with Crippen molar-refractivity contribution in [3.8, 4) is 5.75 Å². The van der Waals surface area contributed by atoms with Gasteiger partial charge in [-0.15, -0.1) is 11.3 Å². The largest absolute Gasteiger partial charge is 0.507 e. The van der Waals surface area contributed by atoms with Gasteiger partial charge in [-0.3, -0.25) is 0 Å². The van der Waals surface area contributed by atoms with E-state index < -0.39 is 0 Å². The summed E-state index contributed by atoms with van der Waals surface area (Å²) in [7, 11) is 0. The first-order valence-corrected chi connectivity index (χ1v) is 7.19. The third-order valence-corrected chi connectivity index (χ3v) is 3.87. The van der Waals surface area contributed by atoms with Crippen LogP contribution in [0.15, 0.2) is 29.6 Å². The zero-order valence-electron chi connectivity index (χ0n) is 10.8. The zero-order valence-corrected chi connectivity index (χ0v) is 11.6. The number of thiophene rings is 1. The van der Waals surface area contributed by atoms with E-state index in [1.54, 1.807) is 11.3 Å². The van der Waals surface area contributed by atoms with Gasteiger partial charge in [0.1, 0.15) is 5.75 Å². The van der Waals surface area contributed by atoms with E-state index in [4.69, 9.17) is 0 Å². The third kappa shape index (κ3) is 2.82. The van der Waals surface area contributed by atoms with E-state index in [0.717, 1.165) is 29.5 Å². The van der Waals surface area contributed by atoms with Crippen molar-refractivity contribution in [1.82, 2.24) is 0 Å². The molecule has 0 radical (unpaired) electrons. The highest BCUT2D eigenvalue weighted by Gasteiger charge is 2.06. The third-order valence-electron chi connectivity index (χ3n) is 3.04. The van der Waals surface area contributed by atoms with Gasteiger partial charge in [0.2, 0.25) is 0 Å². The van der Waals surface area contributed by atoms with Crippen molar-refractivity contribution < 1.29 is 5.11 Å². The Balaban J connectivity index is 2.33. The molecule has 94 valence electrons. The van der Waals surface area contributed by atoms with Gasteiger partial charge in [0.05, 0.1) is 0 Å². The Morgan fingerprint density at radius 3 is 2.28 bits per heavy atom. The molecule has 1 aromatic carbocycles. The molecule has 0 spiro atoms. The number of aromatic hydroxyl groups is 1. The molecule has 0 saturated carbocycles. The normalized spacial score (nSPS) is 11.2. The summed E-state index contributed by atoms with van der Waals surface area (Å²) in [6, 6.07) is 8.29. The Hall–Kier alpha value is -1.54. The molecule has 1 heterocycles. The molecule has 0 aliphatic heterocycles. The molecular weight excluding hydrogens is 240 g/mol. The number of aryl methyl sites for hydroxylation is 2. The van der Waals surface area contributed by atoms with Crippen molar-refractivity contribution in [2.24, 2.45) is 0 Å². The fourth-order valence-electron chi connectivity index (χ4n) is 1.99. The predicted octanol–water partition coefficient (Wildman–Crippen LogP) is 4.75. The summed E-state index contributed by atoms with van der Waals surface area (Å²) >= 11 is 1.73. The van der Waals surface area contributed by atoms with Gasteiger partial charge in [-0.2, -0.15) is 0 Å². The number of rotatable bonds is 4. The summed E-state index contributed by atoms with van der Waals surface area (Å²) in [5.41, 5.74) is 3.22. The molecule has 2 aromatic rings. The molecule has 2 rings (SSSR count). The number of benzene rings is 1. The van der Waals surface area contributed by atoms with Crippen LogP contribution in [0.1, 0.15) is 35.4 Å². The van der Waals surface area contributed by atoms with Gasteiger partial charge >= 0.3 is 0 Å². The summed E-state index contributed by atoms with van der Waals surface area (Å²) in [6.07, 6.45) is 5.96. The van der Waals surface area contributed by atoms with Gasteiger partial charge in [0.15, 0.2) is 0 Å². The fraction of sp³-hybridized carbons (Fsp3) is 0.250. The summed E-state index contributed by atoms with van der Waals surface area (Å²) < 4.78 is 0. The lowest BCUT2D eigenvalue weighted by Crippen LogP contribution is -1.90. The zero-order chi connectivity index (χ0) is 13.0. The average molecular weight is 258 g/mol. The van der Waals surface area contributed by atoms with E-state index in [2.05, 4.69) is 55.6 Å². The van der Waals surface area contributed by atoms with Crippen molar-refractivity contribution >= 4 is 23.5 Å². The van der Waals surface area contributed by atoms with Crippen LogP contribution >= 0.6 is 11.3 Å². The molecule has 0 aliphatic rings. The van der Waals surface area contributed by atoms with Crippen LogP contribution in [0, 0.1) is 0 Å². The Bertz CT molecular complexity index is 513.